The quantitative estimate of drug-likeness (QED) is 0.166. The summed E-state index contributed by atoms with van der Waals surface area (Å²) in [5, 5.41) is 7.19. The normalized spacial score (nSPS) is 12.5. The van der Waals surface area contributed by atoms with Crippen LogP contribution in [0.3, 0.4) is 0 Å². The summed E-state index contributed by atoms with van der Waals surface area (Å²) in [6, 6.07) is 81.2. The number of anilines is 6. The Balaban J connectivity index is 1.24. The monoisotopic (exact) mass is 990 g/mol. The number of benzene rings is 10. The molecule has 1 aliphatic heterocycles. The first-order valence-electron chi connectivity index (χ1n) is 26.7. The van der Waals surface area contributed by atoms with E-state index in [1.807, 2.05) is 0 Å². The fourth-order valence-electron chi connectivity index (χ4n) is 12.6. The molecular formula is C71H54N6. The van der Waals surface area contributed by atoms with E-state index in [1.54, 1.807) is 0 Å². The van der Waals surface area contributed by atoms with Crippen LogP contribution in [0.25, 0.3) is 93.7 Å². The first kappa shape index (κ1) is 44.8. The molecule has 6 heteroatoms. The lowest BCUT2D eigenvalue weighted by Crippen LogP contribution is -2.26. The van der Waals surface area contributed by atoms with E-state index in [0.29, 0.717) is 0 Å². The molecule has 14 aromatic rings. The summed E-state index contributed by atoms with van der Waals surface area (Å²) in [4.78, 5) is 11.4. The van der Waals surface area contributed by atoms with Gasteiger partial charge in [0.25, 0.3) is 0 Å². The predicted molar refractivity (Wildman–Crippen MR) is 324 cm³/mol. The molecule has 0 aliphatic carbocycles. The molecule has 0 spiro atoms. The van der Waals surface area contributed by atoms with Crippen LogP contribution in [0, 0.1) is 41.5 Å². The highest BCUT2D eigenvalue weighted by molar-refractivity contribution is 6.16. The number of aryl methyl sites for hydroxylation is 6. The topological polar surface area (TPSA) is 34.2 Å². The number of fused-ring (bicyclic) bond motifs is 11. The summed E-state index contributed by atoms with van der Waals surface area (Å²) < 4.78 is 7.55. The molecule has 77 heavy (non-hydrogen) atoms. The number of nitrogens with zero attached hydrogens (tertiary/aromatic N) is 6. The second-order valence-electron chi connectivity index (χ2n) is 21.3. The lowest BCUT2D eigenvalue weighted by Gasteiger charge is -2.41. The molecule has 0 N–H and O–H groups in total. The average Bonchev–Trinajstić information content (AvgIpc) is 4.15. The Morgan fingerprint density at radius 3 is 0.935 bits per heavy atom. The Morgan fingerprint density at radius 1 is 0.273 bits per heavy atom. The molecule has 1 aliphatic rings. The minimum absolute atomic E-state index is 0.803. The van der Waals surface area contributed by atoms with Gasteiger partial charge in [-0.1, -0.05) is 143 Å². The first-order valence-corrected chi connectivity index (χ1v) is 26.7. The SMILES string of the molecule is Cc1ccc2c(c1)c1cc(C)ccc1n2-c1nc(N2c3ccccc3N(c3ccccc3)c3ccccc32)c(-n2c3ccc(C)cc3c3cc(C)ccc32)c(-c2ccccc2)c1-n1c2ccc(C)cc2c2cc(C)ccc21. The zero-order chi connectivity index (χ0) is 51.8. The number of hydrogen-bond acceptors (Lipinski definition) is 3. The number of aromatic nitrogens is 4. The van der Waals surface area contributed by atoms with Crippen molar-refractivity contribution in [2.45, 2.75) is 41.5 Å². The fraction of sp³-hybridized carbons (Fsp3) is 0.0845. The van der Waals surface area contributed by atoms with Crippen LogP contribution >= 0.6 is 0 Å². The van der Waals surface area contributed by atoms with Gasteiger partial charge in [-0.25, -0.2) is 4.98 Å². The summed E-state index contributed by atoms with van der Waals surface area (Å²) in [7, 11) is 0. The molecule has 368 valence electrons. The maximum Gasteiger partial charge on any atom is 0.165 e. The minimum Gasteiger partial charge on any atom is -0.306 e. The van der Waals surface area contributed by atoms with Crippen LogP contribution in [-0.4, -0.2) is 18.7 Å². The summed E-state index contributed by atoms with van der Waals surface area (Å²) in [5.74, 6) is 1.63. The van der Waals surface area contributed by atoms with E-state index >= 15 is 0 Å². The van der Waals surface area contributed by atoms with Gasteiger partial charge >= 0.3 is 0 Å². The summed E-state index contributed by atoms with van der Waals surface area (Å²) >= 11 is 0. The van der Waals surface area contributed by atoms with Crippen molar-refractivity contribution in [3.8, 4) is 28.3 Å². The van der Waals surface area contributed by atoms with Crippen molar-refractivity contribution in [2.75, 3.05) is 9.80 Å². The highest BCUT2D eigenvalue weighted by Gasteiger charge is 2.37. The van der Waals surface area contributed by atoms with Crippen molar-refractivity contribution in [3.63, 3.8) is 0 Å². The zero-order valence-corrected chi connectivity index (χ0v) is 44.0. The minimum atomic E-state index is 0.803. The highest BCUT2D eigenvalue weighted by Crippen LogP contribution is 2.57. The van der Waals surface area contributed by atoms with Crippen molar-refractivity contribution in [3.05, 3.63) is 252 Å². The Hall–Kier alpha value is -9.65. The van der Waals surface area contributed by atoms with Crippen LogP contribution in [0.2, 0.25) is 0 Å². The molecule has 6 nitrogen and oxygen atoms in total. The van der Waals surface area contributed by atoms with E-state index < -0.39 is 0 Å². The third kappa shape index (κ3) is 6.71. The van der Waals surface area contributed by atoms with Crippen LogP contribution in [0.1, 0.15) is 33.4 Å². The molecule has 15 rings (SSSR count). The van der Waals surface area contributed by atoms with Crippen molar-refractivity contribution in [1.29, 1.82) is 0 Å². The standard InChI is InChI=1S/C71H54N6/c1-43-25-31-57-51(37-43)52-38-44(2)26-32-58(52)74(57)68-67(49-17-9-7-10-18-49)69(75-59-33-27-45(3)39-53(59)54-40-46(4)28-34-60(54)75)71(72-70(68)76-61-35-29-47(5)41-55(61)56-42-48(6)30-36-62(56)76)77-65-23-15-13-21-63(65)73(50-19-11-8-12-20-50)64-22-14-16-24-66(64)77/h7-42H,1-6H3. The molecule has 4 aromatic heterocycles. The van der Waals surface area contributed by atoms with E-state index in [0.717, 1.165) is 95.7 Å². The Labute approximate surface area is 447 Å². The van der Waals surface area contributed by atoms with Crippen molar-refractivity contribution >= 4 is 99.7 Å². The van der Waals surface area contributed by atoms with Crippen molar-refractivity contribution in [1.82, 2.24) is 18.7 Å². The Kier molecular flexibility index (Phi) is 9.85. The van der Waals surface area contributed by atoms with Gasteiger partial charge in [-0.15, -0.1) is 0 Å². The summed E-state index contributed by atoms with van der Waals surface area (Å²) in [6.07, 6.45) is 0. The second-order valence-corrected chi connectivity index (χ2v) is 21.3. The lowest BCUT2D eigenvalue weighted by atomic mass is 9.99. The van der Waals surface area contributed by atoms with Gasteiger partial charge in [-0.05, 0) is 156 Å². The molecule has 0 saturated carbocycles. The van der Waals surface area contributed by atoms with Gasteiger partial charge in [0.2, 0.25) is 0 Å². The van der Waals surface area contributed by atoms with Gasteiger partial charge in [-0.2, -0.15) is 0 Å². The molecule has 0 bridgehead atoms. The highest BCUT2D eigenvalue weighted by atomic mass is 15.3. The van der Waals surface area contributed by atoms with Gasteiger partial charge < -0.3 is 14.0 Å². The number of hydrogen-bond donors (Lipinski definition) is 0. The average molecular weight is 991 g/mol. The zero-order valence-electron chi connectivity index (χ0n) is 44.0. The Bertz CT molecular complexity index is 4540. The van der Waals surface area contributed by atoms with Crippen LogP contribution in [-0.2, 0) is 0 Å². The Morgan fingerprint density at radius 2 is 0.571 bits per heavy atom. The van der Waals surface area contributed by atoms with Gasteiger partial charge in [0.15, 0.2) is 11.6 Å². The van der Waals surface area contributed by atoms with Crippen LogP contribution in [0.5, 0.6) is 0 Å². The smallest absolute Gasteiger partial charge is 0.165 e. The second kappa shape index (κ2) is 16.9. The number of pyridine rings is 1. The molecular weight excluding hydrogens is 937 g/mol. The maximum atomic E-state index is 6.50. The molecule has 0 radical (unpaired) electrons. The largest absolute Gasteiger partial charge is 0.306 e. The van der Waals surface area contributed by atoms with Crippen LogP contribution in [0.15, 0.2) is 218 Å². The molecule has 0 fully saturated rings. The summed E-state index contributed by atoms with van der Waals surface area (Å²) in [6.45, 7) is 13.2. The molecule has 0 saturated heterocycles. The molecule has 0 unspecified atom stereocenters. The van der Waals surface area contributed by atoms with E-state index in [-0.39, 0.29) is 0 Å². The lowest BCUT2D eigenvalue weighted by molar-refractivity contribution is 0.991. The third-order valence-corrected chi connectivity index (χ3v) is 16.0. The molecule has 0 atom stereocenters. The van der Waals surface area contributed by atoms with E-state index in [9.17, 15) is 0 Å². The fourth-order valence-corrected chi connectivity index (χ4v) is 12.6. The number of para-hydroxylation sites is 5. The third-order valence-electron chi connectivity index (χ3n) is 16.0. The molecule has 5 heterocycles. The van der Waals surface area contributed by atoms with Crippen molar-refractivity contribution in [2.24, 2.45) is 0 Å². The van der Waals surface area contributed by atoms with Gasteiger partial charge in [0.05, 0.1) is 55.8 Å². The van der Waals surface area contributed by atoms with E-state index in [1.165, 1.54) is 65.7 Å². The van der Waals surface area contributed by atoms with Crippen LogP contribution in [0.4, 0.5) is 34.3 Å². The van der Waals surface area contributed by atoms with Crippen LogP contribution < -0.4 is 9.80 Å². The van der Waals surface area contributed by atoms with Gasteiger partial charge in [0, 0.05) is 43.6 Å². The summed E-state index contributed by atoms with van der Waals surface area (Å²) in [5.41, 5.74) is 23.2. The number of rotatable bonds is 6. The molecule has 0 amide bonds. The van der Waals surface area contributed by atoms with E-state index in [4.69, 9.17) is 4.98 Å². The van der Waals surface area contributed by atoms with Gasteiger partial charge in [-0.3, -0.25) is 9.47 Å². The predicted octanol–water partition coefficient (Wildman–Crippen LogP) is 19.1. The van der Waals surface area contributed by atoms with Gasteiger partial charge in [0.1, 0.15) is 11.4 Å². The van der Waals surface area contributed by atoms with Crippen molar-refractivity contribution < 1.29 is 0 Å². The van der Waals surface area contributed by atoms with E-state index in [2.05, 4.69) is 283 Å². The first-order chi connectivity index (χ1) is 37.7. The molecule has 10 aromatic carbocycles. The maximum absolute atomic E-state index is 6.50.